The van der Waals surface area contributed by atoms with Crippen molar-refractivity contribution >= 4 is 11.5 Å². The molecule has 0 aliphatic carbocycles. The number of nitrogens with zero attached hydrogens (tertiary/aromatic N) is 3. The number of ether oxygens (including phenoxy) is 1. The van der Waals surface area contributed by atoms with Gasteiger partial charge in [-0.05, 0) is 17.7 Å². The standard InChI is InChI=1S/C20H26N4O/c1-21-20-16(5-4-8-22-20)14-24-15-17(13-23-9-11-25-12-10-23)18-6-2-3-7-19(18)24/h2-8,17H,9-15H2,1H3,(H,21,22)/t17-/m0/s1. The third-order valence-corrected chi connectivity index (χ3v) is 5.23. The van der Waals surface area contributed by atoms with Gasteiger partial charge in [0.1, 0.15) is 5.82 Å². The van der Waals surface area contributed by atoms with Gasteiger partial charge in [0.25, 0.3) is 0 Å². The number of fused-ring (bicyclic) bond motifs is 1. The van der Waals surface area contributed by atoms with Crippen LogP contribution >= 0.6 is 0 Å². The second-order valence-corrected chi connectivity index (χ2v) is 6.81. The first-order valence-electron chi connectivity index (χ1n) is 9.11. The van der Waals surface area contributed by atoms with Crippen LogP contribution in [0.5, 0.6) is 0 Å². The Morgan fingerprint density at radius 2 is 2.00 bits per heavy atom. The van der Waals surface area contributed by atoms with E-state index in [9.17, 15) is 0 Å². The van der Waals surface area contributed by atoms with Crippen molar-refractivity contribution in [3.63, 3.8) is 0 Å². The van der Waals surface area contributed by atoms with Crippen molar-refractivity contribution in [2.45, 2.75) is 12.5 Å². The second-order valence-electron chi connectivity index (χ2n) is 6.81. The van der Waals surface area contributed by atoms with Crippen molar-refractivity contribution in [1.82, 2.24) is 9.88 Å². The van der Waals surface area contributed by atoms with Crippen molar-refractivity contribution in [2.24, 2.45) is 0 Å². The number of nitrogens with one attached hydrogen (secondary N) is 1. The van der Waals surface area contributed by atoms with Crippen molar-refractivity contribution in [1.29, 1.82) is 0 Å². The SMILES string of the molecule is CNc1ncccc1CN1C[C@H](CN2CCOCC2)c2ccccc21. The molecule has 0 radical (unpaired) electrons. The minimum atomic E-state index is 0.559. The van der Waals surface area contributed by atoms with E-state index in [-0.39, 0.29) is 0 Å². The Hall–Kier alpha value is -2.11. The number of hydrogen-bond acceptors (Lipinski definition) is 5. The Kier molecular flexibility index (Phi) is 4.85. The number of rotatable bonds is 5. The maximum absolute atomic E-state index is 5.49. The largest absolute Gasteiger partial charge is 0.379 e. The van der Waals surface area contributed by atoms with Crippen LogP contribution in [0.1, 0.15) is 17.0 Å². The number of benzene rings is 1. The number of para-hydroxylation sites is 1. The summed E-state index contributed by atoms with van der Waals surface area (Å²) in [6, 6.07) is 13.0. The molecule has 0 saturated carbocycles. The quantitative estimate of drug-likeness (QED) is 0.907. The van der Waals surface area contributed by atoms with Crippen LogP contribution in [0.4, 0.5) is 11.5 Å². The van der Waals surface area contributed by atoms with Crippen molar-refractivity contribution in [3.8, 4) is 0 Å². The van der Waals surface area contributed by atoms with Gasteiger partial charge in [0.2, 0.25) is 0 Å². The molecule has 132 valence electrons. The minimum absolute atomic E-state index is 0.559. The van der Waals surface area contributed by atoms with Gasteiger partial charge >= 0.3 is 0 Å². The van der Waals surface area contributed by atoms with E-state index in [4.69, 9.17) is 4.74 Å². The third kappa shape index (κ3) is 3.48. The molecule has 1 fully saturated rings. The summed E-state index contributed by atoms with van der Waals surface area (Å²) in [5, 5.41) is 3.21. The molecule has 5 heteroatoms. The molecule has 1 N–H and O–H groups in total. The minimum Gasteiger partial charge on any atom is -0.379 e. The van der Waals surface area contributed by atoms with Gasteiger partial charge in [-0.1, -0.05) is 24.3 Å². The molecule has 0 amide bonds. The van der Waals surface area contributed by atoms with Crippen LogP contribution < -0.4 is 10.2 Å². The topological polar surface area (TPSA) is 40.6 Å². The molecular formula is C20H26N4O. The number of morpholine rings is 1. The van der Waals surface area contributed by atoms with Gasteiger partial charge < -0.3 is 15.0 Å². The van der Waals surface area contributed by atoms with E-state index in [0.717, 1.165) is 51.8 Å². The van der Waals surface area contributed by atoms with E-state index in [2.05, 4.69) is 50.4 Å². The maximum Gasteiger partial charge on any atom is 0.130 e. The van der Waals surface area contributed by atoms with Crippen LogP contribution in [0.15, 0.2) is 42.6 Å². The fourth-order valence-corrected chi connectivity index (χ4v) is 3.98. The summed E-state index contributed by atoms with van der Waals surface area (Å²) < 4.78 is 5.49. The fraction of sp³-hybridized carbons (Fsp3) is 0.450. The molecule has 0 bridgehead atoms. The van der Waals surface area contributed by atoms with Gasteiger partial charge in [-0.2, -0.15) is 0 Å². The van der Waals surface area contributed by atoms with Crippen LogP contribution in [-0.2, 0) is 11.3 Å². The first-order chi connectivity index (χ1) is 12.3. The highest BCUT2D eigenvalue weighted by Gasteiger charge is 2.30. The van der Waals surface area contributed by atoms with Crippen LogP contribution in [0.2, 0.25) is 0 Å². The van der Waals surface area contributed by atoms with E-state index in [1.807, 2.05) is 19.3 Å². The average Bonchev–Trinajstić information content (AvgIpc) is 3.01. The Labute approximate surface area is 149 Å². The maximum atomic E-state index is 5.49. The van der Waals surface area contributed by atoms with E-state index in [1.165, 1.54) is 16.8 Å². The number of hydrogen-bond donors (Lipinski definition) is 1. The third-order valence-electron chi connectivity index (χ3n) is 5.23. The van der Waals surface area contributed by atoms with Crippen LogP contribution in [0.3, 0.4) is 0 Å². The predicted octanol–water partition coefficient (Wildman–Crippen LogP) is 2.56. The monoisotopic (exact) mass is 338 g/mol. The zero-order valence-corrected chi connectivity index (χ0v) is 14.8. The molecule has 0 spiro atoms. The highest BCUT2D eigenvalue weighted by atomic mass is 16.5. The molecule has 0 unspecified atom stereocenters. The molecule has 2 aliphatic rings. The Balaban J connectivity index is 1.53. The van der Waals surface area contributed by atoms with Crippen LogP contribution in [0.25, 0.3) is 0 Å². The van der Waals surface area contributed by atoms with Crippen molar-refractivity contribution in [3.05, 3.63) is 53.7 Å². The lowest BCUT2D eigenvalue weighted by Gasteiger charge is -2.29. The normalized spacial score (nSPS) is 20.5. The summed E-state index contributed by atoms with van der Waals surface area (Å²) in [7, 11) is 1.94. The number of pyridine rings is 1. The van der Waals surface area contributed by atoms with E-state index in [0.29, 0.717) is 5.92 Å². The lowest BCUT2D eigenvalue weighted by atomic mass is 10.0. The molecule has 1 aromatic carbocycles. The van der Waals surface area contributed by atoms with E-state index in [1.54, 1.807) is 0 Å². The summed E-state index contributed by atoms with van der Waals surface area (Å²) in [5.74, 6) is 1.53. The Morgan fingerprint density at radius 3 is 2.84 bits per heavy atom. The zero-order chi connectivity index (χ0) is 17.1. The Bertz CT molecular complexity index is 714. The second kappa shape index (κ2) is 7.42. The van der Waals surface area contributed by atoms with Crippen LogP contribution in [-0.4, -0.2) is 56.3 Å². The average molecular weight is 338 g/mol. The summed E-state index contributed by atoms with van der Waals surface area (Å²) in [6.45, 7) is 6.88. The summed E-state index contributed by atoms with van der Waals surface area (Å²) in [4.78, 5) is 9.49. The zero-order valence-electron chi connectivity index (χ0n) is 14.8. The first-order valence-corrected chi connectivity index (χ1v) is 9.11. The molecular weight excluding hydrogens is 312 g/mol. The number of anilines is 2. The van der Waals surface area contributed by atoms with E-state index < -0.39 is 0 Å². The van der Waals surface area contributed by atoms with Gasteiger partial charge in [-0.15, -0.1) is 0 Å². The lowest BCUT2D eigenvalue weighted by Crippen LogP contribution is -2.39. The molecule has 4 rings (SSSR count). The van der Waals surface area contributed by atoms with Crippen LogP contribution in [0, 0.1) is 0 Å². The van der Waals surface area contributed by atoms with Gasteiger partial charge in [0.15, 0.2) is 0 Å². The molecule has 2 aliphatic heterocycles. The number of aromatic nitrogens is 1. The van der Waals surface area contributed by atoms with Crippen molar-refractivity contribution in [2.75, 3.05) is 56.7 Å². The summed E-state index contributed by atoms with van der Waals surface area (Å²) in [6.07, 6.45) is 1.84. The smallest absolute Gasteiger partial charge is 0.130 e. The molecule has 1 atom stereocenters. The molecule has 2 aromatic rings. The predicted molar refractivity (Wildman–Crippen MR) is 101 cm³/mol. The molecule has 1 aromatic heterocycles. The summed E-state index contributed by atoms with van der Waals surface area (Å²) >= 11 is 0. The van der Waals surface area contributed by atoms with Crippen molar-refractivity contribution < 1.29 is 4.74 Å². The molecule has 1 saturated heterocycles. The molecule has 25 heavy (non-hydrogen) atoms. The first kappa shape index (κ1) is 16.4. The summed E-state index contributed by atoms with van der Waals surface area (Å²) in [5.41, 5.74) is 4.09. The molecule has 3 heterocycles. The Morgan fingerprint density at radius 1 is 1.16 bits per heavy atom. The van der Waals surface area contributed by atoms with Gasteiger partial charge in [0.05, 0.1) is 13.2 Å². The molecule has 5 nitrogen and oxygen atoms in total. The van der Waals surface area contributed by atoms with Gasteiger partial charge in [-0.3, -0.25) is 4.90 Å². The highest BCUT2D eigenvalue weighted by Crippen LogP contribution is 2.38. The highest BCUT2D eigenvalue weighted by molar-refractivity contribution is 5.61. The fourth-order valence-electron chi connectivity index (χ4n) is 3.98. The van der Waals surface area contributed by atoms with Gasteiger partial charge in [0, 0.05) is 63.1 Å². The van der Waals surface area contributed by atoms with E-state index >= 15 is 0 Å². The lowest BCUT2D eigenvalue weighted by molar-refractivity contribution is 0.0356. The van der Waals surface area contributed by atoms with Gasteiger partial charge in [-0.25, -0.2) is 4.98 Å².